The second-order valence-corrected chi connectivity index (χ2v) is 20.5. The van der Waals surface area contributed by atoms with Crippen LogP contribution in [0.15, 0.2) is 103 Å². The maximum absolute atomic E-state index is 15.1. The summed E-state index contributed by atoms with van der Waals surface area (Å²) in [6, 6.07) is 23.7. The van der Waals surface area contributed by atoms with Gasteiger partial charge in [-0.1, -0.05) is 70.7 Å². The van der Waals surface area contributed by atoms with E-state index in [1.165, 1.54) is 34.1 Å². The average Bonchev–Trinajstić information content (AvgIpc) is 3.34. The Morgan fingerprint density at radius 3 is 1.60 bits per heavy atom. The molecule has 18 heteroatoms. The lowest BCUT2D eigenvalue weighted by molar-refractivity contribution is 0.0270. The zero-order valence-electron chi connectivity index (χ0n) is 39.8. The fourth-order valence-corrected chi connectivity index (χ4v) is 10.7. The average molecular weight is 1070 g/mol. The number of halogens is 8. The van der Waals surface area contributed by atoms with Gasteiger partial charge in [-0.2, -0.15) is 0 Å². The number of amides is 5. The minimum atomic E-state index is -0.729. The standard InChI is InChI=1S/C30H27Cl2F2N3O3.C25H21Cl2F2N3O/c1-30(2,3)40-29(39)36-11-9-17(10-12-36)18-13-21(20-8-7-19(33)15-25(20)34)22-16-35-28(38)37(26(22)14-18)27-23(31)5-4-6-24(27)32;26-20-2-1-3-21(27)24(20)32-23-11-15(14-6-8-30-9-7-14)10-18(19(23)13-31-25(32)33)17-5-4-16(28)12-22(17)29/h4-9,13-15H,10-12,16H2,1-3H3,(H,35,38);1-5,10-12,14,30H,6-9,13H2,(H,31,33). The third-order valence-corrected chi connectivity index (χ3v) is 14.2. The lowest BCUT2D eigenvalue weighted by Crippen LogP contribution is -2.42. The molecule has 5 amide bonds. The highest BCUT2D eigenvalue weighted by molar-refractivity contribution is 6.41. The van der Waals surface area contributed by atoms with E-state index in [0.717, 1.165) is 54.8 Å². The molecule has 6 aromatic carbocycles. The Bertz CT molecular complexity index is 3180. The van der Waals surface area contributed by atoms with Crippen molar-refractivity contribution in [3.05, 3.63) is 169 Å². The fourth-order valence-electron chi connectivity index (χ4n) is 9.56. The number of ether oxygens (including phenoxy) is 1. The largest absolute Gasteiger partial charge is 0.444 e. The van der Waals surface area contributed by atoms with Crippen LogP contribution in [0.5, 0.6) is 0 Å². The van der Waals surface area contributed by atoms with Crippen molar-refractivity contribution in [2.45, 2.75) is 64.6 Å². The molecular formula is C55H48Cl4F4N6O4. The Labute approximate surface area is 439 Å². The number of rotatable bonds is 6. The molecule has 0 aromatic heterocycles. The van der Waals surface area contributed by atoms with E-state index < -0.39 is 41.0 Å². The molecule has 3 N–H and O–H groups in total. The third kappa shape index (κ3) is 10.9. The summed E-state index contributed by atoms with van der Waals surface area (Å²) in [6.07, 6.45) is 3.85. The van der Waals surface area contributed by atoms with Crippen molar-refractivity contribution < 1.29 is 36.7 Å². The van der Waals surface area contributed by atoms with Crippen molar-refractivity contribution in [3.63, 3.8) is 0 Å². The molecule has 0 spiro atoms. The van der Waals surface area contributed by atoms with Crippen LogP contribution in [-0.4, -0.2) is 54.8 Å². The van der Waals surface area contributed by atoms with Gasteiger partial charge in [-0.3, -0.25) is 9.80 Å². The summed E-state index contributed by atoms with van der Waals surface area (Å²) < 4.78 is 63.0. The second-order valence-electron chi connectivity index (χ2n) is 18.9. The van der Waals surface area contributed by atoms with E-state index in [1.807, 2.05) is 51.1 Å². The zero-order chi connectivity index (χ0) is 51.9. The Morgan fingerprint density at radius 1 is 0.644 bits per heavy atom. The first-order chi connectivity index (χ1) is 34.9. The molecule has 0 saturated carbocycles. The number of carbonyl (C=O) groups is 3. The lowest BCUT2D eigenvalue weighted by Gasteiger charge is -2.34. The van der Waals surface area contributed by atoms with Crippen molar-refractivity contribution in [2.24, 2.45) is 0 Å². The molecule has 4 heterocycles. The number of nitrogens with zero attached hydrogens (tertiary/aromatic N) is 3. The summed E-state index contributed by atoms with van der Waals surface area (Å²) in [6.45, 7) is 8.24. The van der Waals surface area contributed by atoms with Crippen LogP contribution < -0.4 is 25.8 Å². The molecule has 0 bridgehead atoms. The molecular weight excluding hydrogens is 1030 g/mol. The SMILES string of the molecule is CC(C)(C)OC(=O)N1CC=C(c2cc(-c3ccc(F)cc3F)c3c(c2)N(c2c(Cl)cccc2Cl)C(=O)NC3)CC1.O=C1NCc2c(-c3ccc(F)cc3F)cc(C3CCNCC3)cc2N1c1c(Cl)cccc1Cl. The van der Waals surface area contributed by atoms with Crippen molar-refractivity contribution in [2.75, 3.05) is 36.0 Å². The summed E-state index contributed by atoms with van der Waals surface area (Å²) in [5, 5.41) is 10.2. The molecule has 10 nitrogen and oxygen atoms in total. The Morgan fingerprint density at radius 2 is 1.14 bits per heavy atom. The quantitative estimate of drug-likeness (QED) is 0.144. The molecule has 6 aromatic rings. The normalized spacial score (nSPS) is 15.9. The van der Waals surface area contributed by atoms with E-state index in [9.17, 15) is 27.6 Å². The molecule has 10 rings (SSSR count). The molecule has 73 heavy (non-hydrogen) atoms. The number of carbonyl (C=O) groups excluding carboxylic acids is 3. The maximum Gasteiger partial charge on any atom is 0.410 e. The monoisotopic (exact) mass is 1070 g/mol. The van der Waals surface area contributed by atoms with Crippen molar-refractivity contribution >= 4 is 92.9 Å². The van der Waals surface area contributed by atoms with E-state index in [4.69, 9.17) is 51.1 Å². The van der Waals surface area contributed by atoms with Crippen LogP contribution in [0.1, 0.15) is 68.2 Å². The molecule has 4 aliphatic rings. The first-order valence-electron chi connectivity index (χ1n) is 23.5. The highest BCUT2D eigenvalue weighted by Crippen LogP contribution is 2.48. The van der Waals surface area contributed by atoms with E-state index in [-0.39, 0.29) is 46.2 Å². The van der Waals surface area contributed by atoms with Crippen LogP contribution in [0, 0.1) is 23.3 Å². The molecule has 0 radical (unpaired) electrons. The fraction of sp³-hybridized carbons (Fsp3) is 0.255. The van der Waals surface area contributed by atoms with Crippen LogP contribution in [0.25, 0.3) is 27.8 Å². The van der Waals surface area contributed by atoms with Crippen LogP contribution in [0.3, 0.4) is 0 Å². The lowest BCUT2D eigenvalue weighted by atomic mass is 9.85. The third-order valence-electron chi connectivity index (χ3n) is 13.0. The van der Waals surface area contributed by atoms with Crippen LogP contribution >= 0.6 is 46.4 Å². The Kier molecular flexibility index (Phi) is 15.0. The first-order valence-corrected chi connectivity index (χ1v) is 25.0. The molecule has 0 unspecified atom stereocenters. The van der Waals surface area contributed by atoms with Crippen molar-refractivity contribution in [1.29, 1.82) is 0 Å². The number of urea groups is 2. The molecule has 1 saturated heterocycles. The van der Waals surface area contributed by atoms with Crippen LogP contribution in [0.4, 0.5) is 54.7 Å². The number of hydrogen-bond acceptors (Lipinski definition) is 5. The van der Waals surface area contributed by atoms with Gasteiger partial charge in [-0.15, -0.1) is 0 Å². The predicted octanol–water partition coefficient (Wildman–Crippen LogP) is 15.1. The van der Waals surface area contributed by atoms with E-state index in [2.05, 4.69) is 16.0 Å². The smallest absolute Gasteiger partial charge is 0.410 e. The maximum atomic E-state index is 15.1. The van der Waals surface area contributed by atoms with Gasteiger partial charge in [0, 0.05) is 60.6 Å². The van der Waals surface area contributed by atoms with Gasteiger partial charge in [-0.25, -0.2) is 31.9 Å². The molecule has 378 valence electrons. The van der Waals surface area contributed by atoms with Crippen molar-refractivity contribution in [3.8, 4) is 22.3 Å². The van der Waals surface area contributed by atoms with Crippen LogP contribution in [-0.2, 0) is 17.8 Å². The minimum Gasteiger partial charge on any atom is -0.444 e. The summed E-state index contributed by atoms with van der Waals surface area (Å²) >= 11 is 25.9. The van der Waals surface area contributed by atoms with Gasteiger partial charge >= 0.3 is 18.2 Å². The number of hydrogen-bond donors (Lipinski definition) is 3. The van der Waals surface area contributed by atoms with Gasteiger partial charge in [0.15, 0.2) is 0 Å². The number of fused-ring (bicyclic) bond motifs is 2. The Hall–Kier alpha value is -6.29. The summed E-state index contributed by atoms with van der Waals surface area (Å²) in [5.74, 6) is -2.47. The summed E-state index contributed by atoms with van der Waals surface area (Å²) in [4.78, 5) is 43.3. The van der Waals surface area contributed by atoms with E-state index in [1.54, 1.807) is 41.3 Å². The van der Waals surface area contributed by atoms with E-state index >= 15 is 4.39 Å². The van der Waals surface area contributed by atoms with Gasteiger partial charge in [0.05, 0.1) is 42.8 Å². The number of piperidine rings is 1. The highest BCUT2D eigenvalue weighted by Gasteiger charge is 2.35. The predicted molar refractivity (Wildman–Crippen MR) is 281 cm³/mol. The summed E-state index contributed by atoms with van der Waals surface area (Å²) in [5.41, 5.74) is 6.67. The molecule has 0 aliphatic carbocycles. The first kappa shape index (κ1) is 51.6. The van der Waals surface area contributed by atoms with Crippen LogP contribution in [0.2, 0.25) is 20.1 Å². The molecule has 4 aliphatic heterocycles. The van der Waals surface area contributed by atoms with Gasteiger partial charge < -0.3 is 25.6 Å². The van der Waals surface area contributed by atoms with E-state index in [0.29, 0.717) is 74.6 Å². The minimum absolute atomic E-state index is 0.116. The highest BCUT2D eigenvalue weighted by atomic mass is 35.5. The second kappa shape index (κ2) is 21.3. The summed E-state index contributed by atoms with van der Waals surface area (Å²) in [7, 11) is 0. The Balaban J connectivity index is 0.000000183. The number of anilines is 4. The number of benzene rings is 6. The zero-order valence-corrected chi connectivity index (χ0v) is 42.8. The van der Waals surface area contributed by atoms with Gasteiger partial charge in [0.25, 0.3) is 0 Å². The van der Waals surface area contributed by atoms with Gasteiger partial charge in [0.1, 0.15) is 28.9 Å². The topological polar surface area (TPSA) is 106 Å². The molecule has 1 fully saturated rings. The van der Waals surface area contributed by atoms with Gasteiger partial charge in [-0.05, 0) is 154 Å². The number of para-hydroxylation sites is 2. The van der Waals surface area contributed by atoms with Crippen molar-refractivity contribution in [1.82, 2.24) is 20.9 Å². The molecule has 0 atom stereocenters. The van der Waals surface area contributed by atoms with Gasteiger partial charge in [0.2, 0.25) is 0 Å². The number of nitrogens with one attached hydrogen (secondary N) is 3.